The molecule has 7 heteroatoms. The number of aryl methyl sites for hydroxylation is 1. The molecule has 0 bridgehead atoms. The first-order chi connectivity index (χ1) is 17.0. The van der Waals surface area contributed by atoms with Crippen molar-refractivity contribution >= 4 is 24.2 Å². The van der Waals surface area contributed by atoms with Gasteiger partial charge in [-0.3, -0.25) is 4.79 Å². The van der Waals surface area contributed by atoms with E-state index < -0.39 is 7.12 Å². The fourth-order valence-corrected chi connectivity index (χ4v) is 6.46. The monoisotopic (exact) mass is 475 g/mol. The Morgan fingerprint density at radius 3 is 2.46 bits per heavy atom. The zero-order valence-electron chi connectivity index (χ0n) is 20.6. The van der Waals surface area contributed by atoms with Gasteiger partial charge < -0.3 is 25.6 Å². The van der Waals surface area contributed by atoms with E-state index in [1.54, 1.807) is 6.07 Å². The molecule has 3 aliphatic rings. The lowest BCUT2D eigenvalue weighted by atomic mass is 9.78. The lowest BCUT2D eigenvalue weighted by Gasteiger charge is -2.46. The molecule has 4 N–H and O–H groups in total. The van der Waals surface area contributed by atoms with Crippen molar-refractivity contribution in [2.75, 3.05) is 18.0 Å². The van der Waals surface area contributed by atoms with Gasteiger partial charge in [0, 0.05) is 31.4 Å². The summed E-state index contributed by atoms with van der Waals surface area (Å²) >= 11 is 0. The largest absolute Gasteiger partial charge is 0.488 e. The summed E-state index contributed by atoms with van der Waals surface area (Å²) in [7, 11) is -1.50. The number of hydrogen-bond donors (Lipinski definition) is 3. The highest BCUT2D eigenvalue weighted by molar-refractivity contribution is 6.58. The molecule has 5 rings (SSSR count). The number of hydrogen-bond acceptors (Lipinski definition) is 5. The van der Waals surface area contributed by atoms with E-state index in [4.69, 9.17) is 5.73 Å². The Labute approximate surface area is 209 Å². The summed E-state index contributed by atoms with van der Waals surface area (Å²) in [6, 6.07) is 14.5. The quantitative estimate of drug-likeness (QED) is 0.579. The van der Waals surface area contributed by atoms with Crippen LogP contribution in [-0.4, -0.2) is 53.1 Å². The Morgan fingerprint density at radius 2 is 1.74 bits per heavy atom. The highest BCUT2D eigenvalue weighted by atomic mass is 16.4. The van der Waals surface area contributed by atoms with Crippen molar-refractivity contribution < 1.29 is 14.8 Å². The van der Waals surface area contributed by atoms with Gasteiger partial charge in [-0.15, -0.1) is 0 Å². The number of nitrogens with zero attached hydrogens (tertiary/aromatic N) is 2. The van der Waals surface area contributed by atoms with Crippen molar-refractivity contribution in [2.45, 2.75) is 82.3 Å². The smallest absolute Gasteiger partial charge is 0.423 e. The maximum atomic E-state index is 13.9. The third kappa shape index (κ3) is 5.13. The Morgan fingerprint density at radius 1 is 0.971 bits per heavy atom. The lowest BCUT2D eigenvalue weighted by Crippen LogP contribution is -2.56. The molecule has 1 aliphatic carbocycles. The van der Waals surface area contributed by atoms with E-state index in [0.29, 0.717) is 24.0 Å². The maximum absolute atomic E-state index is 13.9. The predicted molar refractivity (Wildman–Crippen MR) is 141 cm³/mol. The van der Waals surface area contributed by atoms with Crippen molar-refractivity contribution in [3.05, 3.63) is 59.2 Å². The van der Waals surface area contributed by atoms with Crippen molar-refractivity contribution in [1.82, 2.24) is 4.90 Å². The van der Waals surface area contributed by atoms with Crippen LogP contribution in [0.3, 0.4) is 0 Å². The van der Waals surface area contributed by atoms with Crippen LogP contribution in [0, 0.1) is 0 Å². The van der Waals surface area contributed by atoms with Crippen LogP contribution < -0.4 is 16.1 Å². The predicted octanol–water partition coefficient (Wildman–Crippen LogP) is 2.69. The number of anilines is 1. The van der Waals surface area contributed by atoms with Crippen molar-refractivity contribution in [3.63, 3.8) is 0 Å². The normalized spacial score (nSPS) is 21.6. The van der Waals surface area contributed by atoms with Gasteiger partial charge in [0.25, 0.3) is 0 Å². The number of piperidine rings is 1. The van der Waals surface area contributed by atoms with Crippen LogP contribution in [0.25, 0.3) is 0 Å². The topological polar surface area (TPSA) is 90.0 Å². The molecule has 2 aromatic carbocycles. The Balaban J connectivity index is 1.35. The van der Waals surface area contributed by atoms with Crippen LogP contribution in [0.5, 0.6) is 0 Å². The molecule has 0 radical (unpaired) electrons. The molecule has 186 valence electrons. The van der Waals surface area contributed by atoms with Gasteiger partial charge in [-0.25, -0.2) is 0 Å². The molecule has 6 nitrogen and oxygen atoms in total. The molecule has 1 amide bonds. The molecule has 0 spiro atoms. The first-order valence-corrected chi connectivity index (χ1v) is 13.4. The van der Waals surface area contributed by atoms with E-state index in [-0.39, 0.29) is 11.9 Å². The number of rotatable bonds is 5. The van der Waals surface area contributed by atoms with Gasteiger partial charge in [0.2, 0.25) is 5.91 Å². The van der Waals surface area contributed by atoms with Crippen LogP contribution in [0.1, 0.15) is 74.0 Å². The number of carbonyl (C=O) groups is 1. The molecular weight excluding hydrogens is 437 g/mol. The summed E-state index contributed by atoms with van der Waals surface area (Å²) in [6.45, 7) is 2.13. The van der Waals surface area contributed by atoms with E-state index in [1.165, 1.54) is 30.4 Å². The van der Waals surface area contributed by atoms with Gasteiger partial charge in [-0.05, 0) is 72.7 Å². The number of carbonyl (C=O) groups excluding carboxylic acids is 1. The van der Waals surface area contributed by atoms with Gasteiger partial charge in [-0.1, -0.05) is 55.7 Å². The van der Waals surface area contributed by atoms with Gasteiger partial charge in [0.15, 0.2) is 0 Å². The van der Waals surface area contributed by atoms with Gasteiger partial charge in [0.05, 0.1) is 0 Å². The molecule has 2 heterocycles. The Kier molecular flexibility index (Phi) is 7.47. The zero-order valence-corrected chi connectivity index (χ0v) is 20.6. The molecule has 0 aromatic heterocycles. The number of likely N-dealkylation sites (tertiary alicyclic amines) is 1. The fourth-order valence-electron chi connectivity index (χ4n) is 6.46. The average Bonchev–Trinajstić information content (AvgIpc) is 2.92. The van der Waals surface area contributed by atoms with E-state index in [2.05, 4.69) is 34.1 Å². The molecule has 1 unspecified atom stereocenters. The summed E-state index contributed by atoms with van der Waals surface area (Å²) in [6.07, 6.45) is 9.44. The Hall–Kier alpha value is -2.35. The third-order valence-corrected chi connectivity index (χ3v) is 8.43. The number of benzene rings is 2. The highest BCUT2D eigenvalue weighted by Gasteiger charge is 2.39. The molecule has 35 heavy (non-hydrogen) atoms. The van der Waals surface area contributed by atoms with Crippen molar-refractivity contribution in [3.8, 4) is 0 Å². The van der Waals surface area contributed by atoms with E-state index >= 15 is 0 Å². The lowest BCUT2D eigenvalue weighted by molar-refractivity contribution is -0.134. The first kappa shape index (κ1) is 24.4. The molecule has 2 aliphatic heterocycles. The second-order valence-corrected chi connectivity index (χ2v) is 10.6. The van der Waals surface area contributed by atoms with Crippen LogP contribution in [0.4, 0.5) is 5.69 Å². The van der Waals surface area contributed by atoms with Crippen molar-refractivity contribution in [2.24, 2.45) is 5.73 Å². The summed E-state index contributed by atoms with van der Waals surface area (Å²) in [5.41, 5.74) is 11.1. The van der Waals surface area contributed by atoms with Gasteiger partial charge in [0.1, 0.15) is 6.04 Å². The second kappa shape index (κ2) is 10.7. The number of nitrogens with two attached hydrogens (primary N) is 1. The minimum Gasteiger partial charge on any atom is -0.423 e. The van der Waals surface area contributed by atoms with Crippen LogP contribution in [0.2, 0.25) is 0 Å². The average molecular weight is 475 g/mol. The molecular formula is C28H38BN3O3. The minimum absolute atomic E-state index is 0.172. The van der Waals surface area contributed by atoms with E-state index in [1.807, 2.05) is 12.1 Å². The van der Waals surface area contributed by atoms with Crippen LogP contribution >= 0.6 is 0 Å². The molecule has 1 atom stereocenters. The van der Waals surface area contributed by atoms with Crippen LogP contribution in [0.15, 0.2) is 42.5 Å². The fraction of sp³-hybridized carbons (Fsp3) is 0.536. The molecule has 1 saturated carbocycles. The molecule has 2 aromatic rings. The van der Waals surface area contributed by atoms with Gasteiger partial charge in [-0.2, -0.15) is 0 Å². The van der Waals surface area contributed by atoms with E-state index in [9.17, 15) is 14.8 Å². The summed E-state index contributed by atoms with van der Waals surface area (Å²) in [5, 5.41) is 19.6. The highest BCUT2D eigenvalue weighted by Crippen LogP contribution is 2.38. The first-order valence-electron chi connectivity index (χ1n) is 13.4. The standard InChI is InChI=1S/C28H38BN3O3/c30-19-20-5-4-6-23(17-20)21-13-15-31(16-14-21)28(33)26-12-10-22-9-11-24(29(34)35)18-27(22)32(26)25-7-2-1-3-8-25/h4-6,9,11,17-18,21,25-26,34-35H,1-3,7-8,10,12-16,19,30H2. The number of fused-ring (bicyclic) bond motifs is 1. The van der Waals surface area contributed by atoms with E-state index in [0.717, 1.165) is 62.9 Å². The molecule has 2 fully saturated rings. The summed E-state index contributed by atoms with van der Waals surface area (Å²) < 4.78 is 0. The van der Waals surface area contributed by atoms with Crippen LogP contribution in [-0.2, 0) is 17.8 Å². The minimum atomic E-state index is -1.50. The van der Waals surface area contributed by atoms with Gasteiger partial charge >= 0.3 is 7.12 Å². The number of amides is 1. The second-order valence-electron chi connectivity index (χ2n) is 10.6. The SMILES string of the molecule is NCc1cccc(C2CCN(C(=O)C3CCc4ccc(B(O)O)cc4N3C3CCCCC3)CC2)c1. The summed E-state index contributed by atoms with van der Waals surface area (Å²) in [4.78, 5) is 18.4. The third-order valence-electron chi connectivity index (χ3n) is 8.43. The van der Waals surface area contributed by atoms with Crippen molar-refractivity contribution in [1.29, 1.82) is 0 Å². The Bertz CT molecular complexity index is 1030. The maximum Gasteiger partial charge on any atom is 0.488 e. The summed E-state index contributed by atoms with van der Waals surface area (Å²) in [5.74, 6) is 0.714. The zero-order chi connectivity index (χ0) is 24.4. The molecule has 1 saturated heterocycles.